The number of benzene rings is 2. The highest BCUT2D eigenvalue weighted by molar-refractivity contribution is 6.12. The predicted molar refractivity (Wildman–Crippen MR) is 119 cm³/mol. The monoisotopic (exact) mass is 407 g/mol. The molecule has 0 amide bonds. The van der Waals surface area contributed by atoms with Crippen molar-refractivity contribution in [3.8, 4) is 17.0 Å². The molecule has 0 atom stereocenters. The highest BCUT2D eigenvalue weighted by Crippen LogP contribution is 2.47. The molecule has 0 aliphatic carbocycles. The second-order valence-corrected chi connectivity index (χ2v) is 7.14. The molecule has 8 nitrogen and oxygen atoms in total. The normalized spacial score (nSPS) is 12.0. The van der Waals surface area contributed by atoms with Crippen molar-refractivity contribution >= 4 is 28.0 Å². The van der Waals surface area contributed by atoms with Gasteiger partial charge in [0.15, 0.2) is 0 Å². The summed E-state index contributed by atoms with van der Waals surface area (Å²) >= 11 is 0. The first-order valence-corrected chi connectivity index (χ1v) is 10.1. The second kappa shape index (κ2) is 8.16. The molecule has 0 radical (unpaired) electrons. The van der Waals surface area contributed by atoms with Gasteiger partial charge in [0.2, 0.25) is 0 Å². The molecule has 1 aliphatic heterocycles. The van der Waals surface area contributed by atoms with E-state index in [9.17, 15) is 10.1 Å². The van der Waals surface area contributed by atoms with Gasteiger partial charge >= 0.3 is 0 Å². The number of hydrogen-bond acceptors (Lipinski definition) is 6. The Morgan fingerprint density at radius 1 is 1.30 bits per heavy atom. The maximum Gasteiger partial charge on any atom is 0.293 e. The number of rotatable bonds is 9. The number of anilines is 2. The number of fused-ring (bicyclic) bond motifs is 2. The molecule has 1 N–H and O–H groups in total. The summed E-state index contributed by atoms with van der Waals surface area (Å²) in [7, 11) is 0. The Hall–Kier alpha value is -3.39. The Morgan fingerprint density at radius 2 is 2.10 bits per heavy atom. The zero-order chi connectivity index (χ0) is 21.3. The van der Waals surface area contributed by atoms with E-state index in [2.05, 4.69) is 30.6 Å². The lowest BCUT2D eigenvalue weighted by atomic mass is 9.99. The Balaban J connectivity index is 1.85. The van der Waals surface area contributed by atoms with Crippen molar-refractivity contribution in [3.05, 3.63) is 53.1 Å². The summed E-state index contributed by atoms with van der Waals surface area (Å²) in [6.07, 6.45) is 1.69. The molecule has 0 saturated carbocycles. The zero-order valence-corrected chi connectivity index (χ0v) is 17.2. The third-order valence-corrected chi connectivity index (χ3v) is 5.49. The van der Waals surface area contributed by atoms with Crippen molar-refractivity contribution in [1.82, 2.24) is 14.7 Å². The first kappa shape index (κ1) is 19.9. The van der Waals surface area contributed by atoms with E-state index in [0.29, 0.717) is 24.6 Å². The molecule has 2 aromatic carbocycles. The molecule has 0 spiro atoms. The Kier molecular flexibility index (Phi) is 5.41. The van der Waals surface area contributed by atoms with Crippen LogP contribution in [0.5, 0.6) is 5.75 Å². The molecule has 4 rings (SSSR count). The van der Waals surface area contributed by atoms with E-state index in [4.69, 9.17) is 9.84 Å². The van der Waals surface area contributed by atoms with Crippen molar-refractivity contribution in [2.45, 2.75) is 20.4 Å². The lowest BCUT2D eigenvalue weighted by Crippen LogP contribution is -2.27. The van der Waals surface area contributed by atoms with Crippen LogP contribution >= 0.6 is 0 Å². The maximum absolute atomic E-state index is 11.6. The number of nitro groups is 1. The standard InChI is InChI=1S/C22H25N5O3/c1-4-13-30-15-7-8-17-16(14-15)21-20-18(9-10-19(27(28)29)22(20)23-17)26(24-21)12-11-25(5-2)6-3/h4,7-10,14,23H,1,5-6,11-13H2,2-3H3. The third-order valence-electron chi connectivity index (χ3n) is 5.49. The fourth-order valence-electron chi connectivity index (χ4n) is 3.88. The molecule has 156 valence electrons. The highest BCUT2D eigenvalue weighted by atomic mass is 16.6. The number of nitrogens with one attached hydrogen (secondary N) is 1. The Labute approximate surface area is 174 Å². The SMILES string of the molecule is C=CCOc1ccc2c(c1)-c1nn(CCN(CC)CC)c3ccc([N+](=O)[O-])c(c13)N2. The number of nitrogens with zero attached hydrogens (tertiary/aromatic N) is 4. The van der Waals surface area contributed by atoms with Gasteiger partial charge < -0.3 is 15.0 Å². The molecule has 8 heteroatoms. The van der Waals surface area contributed by atoms with E-state index in [0.717, 1.165) is 47.5 Å². The van der Waals surface area contributed by atoms with Crippen LogP contribution in [0.15, 0.2) is 43.0 Å². The summed E-state index contributed by atoms with van der Waals surface area (Å²) in [6.45, 7) is 11.9. The third kappa shape index (κ3) is 3.39. The topological polar surface area (TPSA) is 85.5 Å². The summed E-state index contributed by atoms with van der Waals surface area (Å²) in [4.78, 5) is 13.6. The predicted octanol–water partition coefficient (Wildman–Crippen LogP) is 4.58. The average molecular weight is 407 g/mol. The maximum atomic E-state index is 11.6. The number of nitro benzene ring substituents is 1. The van der Waals surface area contributed by atoms with Crippen LogP contribution in [0.4, 0.5) is 17.1 Å². The van der Waals surface area contributed by atoms with E-state index < -0.39 is 0 Å². The molecule has 0 saturated heterocycles. The molecule has 0 bridgehead atoms. The summed E-state index contributed by atoms with van der Waals surface area (Å²) in [6, 6.07) is 8.97. The minimum absolute atomic E-state index is 0.0460. The van der Waals surface area contributed by atoms with Crippen LogP contribution in [0, 0.1) is 10.1 Å². The van der Waals surface area contributed by atoms with E-state index in [1.165, 1.54) is 0 Å². The van der Waals surface area contributed by atoms with Crippen molar-refractivity contribution < 1.29 is 9.66 Å². The largest absolute Gasteiger partial charge is 0.490 e. The van der Waals surface area contributed by atoms with Crippen molar-refractivity contribution in [2.75, 3.05) is 31.6 Å². The summed E-state index contributed by atoms with van der Waals surface area (Å²) < 4.78 is 7.64. The molecular formula is C22H25N5O3. The lowest BCUT2D eigenvalue weighted by Gasteiger charge is -2.18. The second-order valence-electron chi connectivity index (χ2n) is 7.14. The van der Waals surface area contributed by atoms with Crippen molar-refractivity contribution in [3.63, 3.8) is 0 Å². The molecule has 2 heterocycles. The molecule has 1 aliphatic rings. The molecule has 30 heavy (non-hydrogen) atoms. The van der Waals surface area contributed by atoms with Crippen LogP contribution in [-0.2, 0) is 6.54 Å². The van der Waals surface area contributed by atoms with Crippen LogP contribution in [0.2, 0.25) is 0 Å². The van der Waals surface area contributed by atoms with Gasteiger partial charge in [0.05, 0.1) is 22.4 Å². The molecular weight excluding hydrogens is 382 g/mol. The number of likely N-dealkylation sites (N-methyl/N-ethyl adjacent to an activating group) is 1. The van der Waals surface area contributed by atoms with Crippen LogP contribution < -0.4 is 10.1 Å². The number of hydrogen-bond donors (Lipinski definition) is 1. The van der Waals surface area contributed by atoms with Crippen molar-refractivity contribution in [1.29, 1.82) is 0 Å². The zero-order valence-electron chi connectivity index (χ0n) is 17.2. The average Bonchev–Trinajstić information content (AvgIpc) is 3.13. The summed E-state index contributed by atoms with van der Waals surface area (Å²) in [5, 5.41) is 20.6. The van der Waals surface area contributed by atoms with E-state index in [1.807, 2.05) is 22.9 Å². The fraction of sp³-hybridized carbons (Fsp3) is 0.318. The van der Waals surface area contributed by atoms with Gasteiger partial charge in [-0.25, -0.2) is 0 Å². The highest BCUT2D eigenvalue weighted by Gasteiger charge is 2.29. The van der Waals surface area contributed by atoms with Gasteiger partial charge in [-0.15, -0.1) is 0 Å². The first-order chi connectivity index (χ1) is 14.6. The number of ether oxygens (including phenoxy) is 1. The molecule has 3 aromatic rings. The van der Waals surface area contributed by atoms with Crippen LogP contribution in [0.1, 0.15) is 13.8 Å². The van der Waals surface area contributed by atoms with Crippen LogP contribution in [0.3, 0.4) is 0 Å². The smallest absolute Gasteiger partial charge is 0.293 e. The lowest BCUT2D eigenvalue weighted by molar-refractivity contribution is -0.383. The Morgan fingerprint density at radius 3 is 2.80 bits per heavy atom. The number of aromatic nitrogens is 2. The molecule has 0 unspecified atom stereocenters. The molecule has 1 aromatic heterocycles. The first-order valence-electron chi connectivity index (χ1n) is 10.1. The fourth-order valence-corrected chi connectivity index (χ4v) is 3.88. The minimum Gasteiger partial charge on any atom is -0.490 e. The van der Waals surface area contributed by atoms with Gasteiger partial charge in [0, 0.05) is 23.9 Å². The van der Waals surface area contributed by atoms with Gasteiger partial charge in [0.1, 0.15) is 23.7 Å². The molecule has 0 fully saturated rings. The van der Waals surface area contributed by atoms with Crippen LogP contribution in [0.25, 0.3) is 22.2 Å². The van der Waals surface area contributed by atoms with E-state index >= 15 is 0 Å². The summed E-state index contributed by atoms with van der Waals surface area (Å²) in [5.74, 6) is 0.704. The van der Waals surface area contributed by atoms with Gasteiger partial charge in [-0.1, -0.05) is 26.5 Å². The Bertz CT molecular complexity index is 1120. The van der Waals surface area contributed by atoms with E-state index in [-0.39, 0.29) is 10.6 Å². The minimum atomic E-state index is -0.356. The van der Waals surface area contributed by atoms with E-state index in [1.54, 1.807) is 18.2 Å². The van der Waals surface area contributed by atoms with Gasteiger partial charge in [-0.3, -0.25) is 14.8 Å². The van der Waals surface area contributed by atoms with Gasteiger partial charge in [0.25, 0.3) is 5.69 Å². The quantitative estimate of drug-likeness (QED) is 0.248. The van der Waals surface area contributed by atoms with Gasteiger partial charge in [-0.05, 0) is 37.4 Å². The summed E-state index contributed by atoms with van der Waals surface area (Å²) in [5.41, 5.74) is 3.81. The van der Waals surface area contributed by atoms with Crippen molar-refractivity contribution in [2.24, 2.45) is 0 Å². The van der Waals surface area contributed by atoms with Gasteiger partial charge in [-0.2, -0.15) is 5.10 Å². The van der Waals surface area contributed by atoms with Crippen LogP contribution in [-0.4, -0.2) is 45.8 Å².